The minimum absolute atomic E-state index is 0.0100. The zero-order valence-electron chi connectivity index (χ0n) is 10.2. The van der Waals surface area contributed by atoms with E-state index >= 15 is 0 Å². The van der Waals surface area contributed by atoms with E-state index in [-0.39, 0.29) is 18.4 Å². The third kappa shape index (κ3) is 6.40. The van der Waals surface area contributed by atoms with Crippen LogP contribution in [0.1, 0.15) is 33.1 Å². The maximum atomic E-state index is 11.8. The van der Waals surface area contributed by atoms with Gasteiger partial charge in [-0.05, 0) is 18.9 Å². The fourth-order valence-electron chi connectivity index (χ4n) is 1.34. The summed E-state index contributed by atoms with van der Waals surface area (Å²) >= 11 is 0. The van der Waals surface area contributed by atoms with E-state index < -0.39 is 5.91 Å². The first-order valence-electron chi connectivity index (χ1n) is 5.77. The Hall–Kier alpha value is -1.10. The fraction of sp³-hybridized carbons (Fsp3) is 0.818. The molecule has 5 heteroatoms. The van der Waals surface area contributed by atoms with Gasteiger partial charge in [0.05, 0.1) is 6.54 Å². The average Bonchev–Trinajstić information content (AvgIpc) is 2.23. The molecule has 5 nitrogen and oxygen atoms in total. The Kier molecular flexibility index (Phi) is 7.54. The molecule has 94 valence electrons. The molecule has 0 aliphatic carbocycles. The number of rotatable bonds is 8. The zero-order valence-corrected chi connectivity index (χ0v) is 10.2. The van der Waals surface area contributed by atoms with Crippen molar-refractivity contribution in [2.75, 3.05) is 19.6 Å². The average molecular weight is 229 g/mol. The molecule has 0 fully saturated rings. The van der Waals surface area contributed by atoms with Crippen molar-refractivity contribution < 1.29 is 9.59 Å². The molecule has 16 heavy (non-hydrogen) atoms. The van der Waals surface area contributed by atoms with E-state index in [1.807, 2.05) is 13.8 Å². The molecule has 1 atom stereocenters. The molecule has 0 aromatic carbocycles. The monoisotopic (exact) mass is 229 g/mol. The van der Waals surface area contributed by atoms with Crippen molar-refractivity contribution in [2.24, 2.45) is 17.4 Å². The number of unbranched alkanes of at least 4 members (excludes halogenated alkanes) is 1. The van der Waals surface area contributed by atoms with Crippen LogP contribution in [0.15, 0.2) is 0 Å². The molecule has 0 saturated heterocycles. The van der Waals surface area contributed by atoms with Gasteiger partial charge in [0.15, 0.2) is 0 Å². The van der Waals surface area contributed by atoms with E-state index in [9.17, 15) is 9.59 Å². The van der Waals surface area contributed by atoms with Crippen molar-refractivity contribution >= 4 is 11.8 Å². The molecule has 0 radical (unpaired) electrons. The van der Waals surface area contributed by atoms with Gasteiger partial charge in [0.1, 0.15) is 0 Å². The van der Waals surface area contributed by atoms with E-state index in [0.29, 0.717) is 19.5 Å². The molecule has 0 bridgehead atoms. The maximum Gasteiger partial charge on any atom is 0.237 e. The fourth-order valence-corrected chi connectivity index (χ4v) is 1.34. The van der Waals surface area contributed by atoms with Crippen molar-refractivity contribution in [3.05, 3.63) is 0 Å². The van der Waals surface area contributed by atoms with Gasteiger partial charge in [-0.1, -0.05) is 20.3 Å². The molecule has 1 unspecified atom stereocenters. The molecule has 0 spiro atoms. The van der Waals surface area contributed by atoms with Gasteiger partial charge in [-0.25, -0.2) is 0 Å². The SMILES string of the molecule is CCCCN(CC(N)=O)C(=O)CC(C)CN. The second-order valence-electron chi connectivity index (χ2n) is 4.18. The van der Waals surface area contributed by atoms with Crippen LogP contribution < -0.4 is 11.5 Å². The van der Waals surface area contributed by atoms with Crippen molar-refractivity contribution in [1.29, 1.82) is 0 Å². The highest BCUT2D eigenvalue weighted by Crippen LogP contribution is 2.05. The summed E-state index contributed by atoms with van der Waals surface area (Å²) < 4.78 is 0. The molecule has 0 aliphatic heterocycles. The van der Waals surface area contributed by atoms with Crippen LogP contribution in [0, 0.1) is 5.92 Å². The third-order valence-electron chi connectivity index (χ3n) is 2.41. The highest BCUT2D eigenvalue weighted by atomic mass is 16.2. The highest BCUT2D eigenvalue weighted by molar-refractivity contribution is 5.83. The van der Waals surface area contributed by atoms with Gasteiger partial charge < -0.3 is 16.4 Å². The van der Waals surface area contributed by atoms with Crippen LogP contribution in [0.5, 0.6) is 0 Å². The van der Waals surface area contributed by atoms with Crippen molar-refractivity contribution in [3.63, 3.8) is 0 Å². The standard InChI is InChI=1S/C11H23N3O2/c1-3-4-5-14(8-10(13)15)11(16)6-9(2)7-12/h9H,3-8,12H2,1-2H3,(H2,13,15). The molecular formula is C11H23N3O2. The maximum absolute atomic E-state index is 11.8. The van der Waals surface area contributed by atoms with E-state index in [1.165, 1.54) is 4.90 Å². The normalized spacial score (nSPS) is 12.2. The van der Waals surface area contributed by atoms with E-state index in [4.69, 9.17) is 11.5 Å². The van der Waals surface area contributed by atoms with E-state index in [1.54, 1.807) is 0 Å². The molecule has 0 rings (SSSR count). The van der Waals surface area contributed by atoms with Crippen molar-refractivity contribution in [2.45, 2.75) is 33.1 Å². The number of carbonyl (C=O) groups excluding carboxylic acids is 2. The minimum atomic E-state index is -0.468. The molecule has 4 N–H and O–H groups in total. The lowest BCUT2D eigenvalue weighted by Gasteiger charge is -2.22. The Labute approximate surface area is 97.2 Å². The third-order valence-corrected chi connectivity index (χ3v) is 2.41. The molecule has 2 amide bonds. The Morgan fingerprint density at radius 1 is 1.38 bits per heavy atom. The van der Waals surface area contributed by atoms with Gasteiger partial charge in [0.2, 0.25) is 11.8 Å². The van der Waals surface area contributed by atoms with Crippen molar-refractivity contribution in [1.82, 2.24) is 4.90 Å². The van der Waals surface area contributed by atoms with Gasteiger partial charge in [-0.15, -0.1) is 0 Å². The number of hydrogen-bond donors (Lipinski definition) is 2. The van der Waals surface area contributed by atoms with Crippen molar-refractivity contribution in [3.8, 4) is 0 Å². The predicted molar refractivity (Wildman–Crippen MR) is 63.5 cm³/mol. The summed E-state index contributed by atoms with van der Waals surface area (Å²) in [7, 11) is 0. The van der Waals surface area contributed by atoms with Gasteiger partial charge >= 0.3 is 0 Å². The summed E-state index contributed by atoms with van der Waals surface area (Å²) in [5.41, 5.74) is 10.6. The number of primary amides is 1. The van der Waals surface area contributed by atoms with Crippen LogP contribution in [0.3, 0.4) is 0 Å². The van der Waals surface area contributed by atoms with Crippen LogP contribution in [0.2, 0.25) is 0 Å². The lowest BCUT2D eigenvalue weighted by molar-refractivity contribution is -0.135. The summed E-state index contributed by atoms with van der Waals surface area (Å²) in [6, 6.07) is 0. The minimum Gasteiger partial charge on any atom is -0.368 e. The predicted octanol–water partition coefficient (Wildman–Crippen LogP) is 0.0853. The van der Waals surface area contributed by atoms with Crippen LogP contribution >= 0.6 is 0 Å². The number of amides is 2. The number of carbonyl (C=O) groups is 2. The molecular weight excluding hydrogens is 206 g/mol. The first-order chi connectivity index (χ1) is 7.51. The first kappa shape index (κ1) is 14.9. The lowest BCUT2D eigenvalue weighted by Crippen LogP contribution is -2.40. The number of nitrogens with two attached hydrogens (primary N) is 2. The quantitative estimate of drug-likeness (QED) is 0.618. The first-order valence-corrected chi connectivity index (χ1v) is 5.77. The highest BCUT2D eigenvalue weighted by Gasteiger charge is 2.17. The van der Waals surface area contributed by atoms with Gasteiger partial charge in [-0.2, -0.15) is 0 Å². The van der Waals surface area contributed by atoms with E-state index in [0.717, 1.165) is 12.8 Å². The Morgan fingerprint density at radius 2 is 2.00 bits per heavy atom. The summed E-state index contributed by atoms with van der Waals surface area (Å²) in [4.78, 5) is 24.2. The molecule has 0 aromatic heterocycles. The summed E-state index contributed by atoms with van der Waals surface area (Å²) in [5, 5.41) is 0. The number of hydrogen-bond acceptors (Lipinski definition) is 3. The summed E-state index contributed by atoms with van der Waals surface area (Å²) in [6.07, 6.45) is 2.25. The zero-order chi connectivity index (χ0) is 12.6. The Morgan fingerprint density at radius 3 is 2.44 bits per heavy atom. The second-order valence-corrected chi connectivity index (χ2v) is 4.18. The molecule has 0 aromatic rings. The molecule has 0 heterocycles. The van der Waals surface area contributed by atoms with Gasteiger partial charge in [-0.3, -0.25) is 9.59 Å². The van der Waals surface area contributed by atoms with Gasteiger partial charge in [0.25, 0.3) is 0 Å². The topological polar surface area (TPSA) is 89.4 Å². The largest absolute Gasteiger partial charge is 0.368 e. The van der Waals surface area contributed by atoms with Crippen LogP contribution in [-0.2, 0) is 9.59 Å². The second kappa shape index (κ2) is 8.10. The van der Waals surface area contributed by atoms with E-state index in [2.05, 4.69) is 0 Å². The Bertz CT molecular complexity index is 231. The van der Waals surface area contributed by atoms with Crippen LogP contribution in [0.25, 0.3) is 0 Å². The molecule has 0 saturated carbocycles. The van der Waals surface area contributed by atoms with Gasteiger partial charge in [0, 0.05) is 13.0 Å². The van der Waals surface area contributed by atoms with Crippen LogP contribution in [-0.4, -0.2) is 36.3 Å². The summed E-state index contributed by atoms with van der Waals surface area (Å²) in [6.45, 7) is 5.03. The van der Waals surface area contributed by atoms with Crippen LogP contribution in [0.4, 0.5) is 0 Å². The Balaban J connectivity index is 4.25. The number of nitrogens with zero attached hydrogens (tertiary/aromatic N) is 1. The smallest absolute Gasteiger partial charge is 0.237 e. The lowest BCUT2D eigenvalue weighted by atomic mass is 10.1. The molecule has 0 aliphatic rings. The summed E-state index contributed by atoms with van der Waals surface area (Å²) in [5.74, 6) is -0.362.